The molecule has 6 heteroatoms. The molecule has 1 amide bonds. The molecule has 1 fully saturated rings. The Kier molecular flexibility index (Phi) is 6.22. The quantitative estimate of drug-likeness (QED) is 0.836. The molecule has 0 aromatic heterocycles. The summed E-state index contributed by atoms with van der Waals surface area (Å²) in [6.45, 7) is 2.67. The van der Waals surface area contributed by atoms with Gasteiger partial charge in [0.2, 0.25) is 6.10 Å². The van der Waals surface area contributed by atoms with Gasteiger partial charge in [0.1, 0.15) is 6.61 Å². The van der Waals surface area contributed by atoms with Gasteiger partial charge in [0.15, 0.2) is 0 Å². The average Bonchev–Trinajstić information content (AvgIpc) is 2.72. The van der Waals surface area contributed by atoms with E-state index in [1.807, 2.05) is 36.4 Å². The fourth-order valence-electron chi connectivity index (χ4n) is 2.71. The summed E-state index contributed by atoms with van der Waals surface area (Å²) in [4.78, 5) is 26.6. The van der Waals surface area contributed by atoms with Crippen LogP contribution in [-0.2, 0) is 20.9 Å². The predicted molar refractivity (Wildman–Crippen MR) is 96.3 cm³/mol. The molecule has 3 rings (SSSR count). The first-order chi connectivity index (χ1) is 12.7. The molecule has 1 aliphatic rings. The number of carbonyl (C=O) groups excluding carboxylic acids is 2. The van der Waals surface area contributed by atoms with E-state index in [0.29, 0.717) is 31.7 Å². The third kappa shape index (κ3) is 4.83. The fraction of sp³-hybridized carbons (Fsp3) is 0.300. The minimum atomic E-state index is -1.08. The number of ether oxygens (including phenoxy) is 2. The molecule has 0 radical (unpaired) electrons. The van der Waals surface area contributed by atoms with Gasteiger partial charge in [-0.25, -0.2) is 9.59 Å². The molecule has 0 bridgehead atoms. The van der Waals surface area contributed by atoms with Gasteiger partial charge in [0.25, 0.3) is 0 Å². The van der Waals surface area contributed by atoms with Gasteiger partial charge in [-0.3, -0.25) is 0 Å². The van der Waals surface area contributed by atoms with Crippen LogP contribution in [0, 0.1) is 0 Å². The maximum Gasteiger partial charge on any atom is 0.411 e. The Bertz CT molecular complexity index is 715. The predicted octanol–water partition coefficient (Wildman–Crippen LogP) is 2.51. The molecule has 2 aromatic carbocycles. The lowest BCUT2D eigenvalue weighted by molar-refractivity contribution is -0.156. The lowest BCUT2D eigenvalue weighted by Gasteiger charge is -2.28. The molecule has 1 saturated heterocycles. The molecular weight excluding hydrogens is 332 g/mol. The highest BCUT2D eigenvalue weighted by atomic mass is 16.6. The summed E-state index contributed by atoms with van der Waals surface area (Å²) in [6, 6.07) is 18.3. The topological polar surface area (TPSA) is 67.9 Å². The standard InChI is InChI=1S/C20H22N2O4/c23-19(25-15-16-7-3-1-4-8-16)18(17-9-5-2-6-10-17)26-20(24)22-13-11-21-12-14-22/h1-10,18,21H,11-15H2. The zero-order chi connectivity index (χ0) is 18.2. The number of nitrogens with zero attached hydrogens (tertiary/aromatic N) is 1. The summed E-state index contributed by atoms with van der Waals surface area (Å²) >= 11 is 0. The van der Waals surface area contributed by atoms with Crippen LogP contribution in [0.5, 0.6) is 0 Å². The number of hydrogen-bond acceptors (Lipinski definition) is 5. The largest absolute Gasteiger partial charge is 0.458 e. The van der Waals surface area contributed by atoms with Crippen molar-refractivity contribution in [2.75, 3.05) is 26.2 Å². The van der Waals surface area contributed by atoms with Gasteiger partial charge in [0.05, 0.1) is 0 Å². The molecule has 0 spiro atoms. The number of benzene rings is 2. The lowest BCUT2D eigenvalue weighted by Crippen LogP contribution is -2.47. The normalized spacial score (nSPS) is 15.2. The summed E-state index contributed by atoms with van der Waals surface area (Å²) in [5.41, 5.74) is 1.47. The molecule has 1 heterocycles. The van der Waals surface area contributed by atoms with Crippen LogP contribution in [0.1, 0.15) is 17.2 Å². The van der Waals surface area contributed by atoms with Crippen molar-refractivity contribution in [3.8, 4) is 0 Å². The van der Waals surface area contributed by atoms with Crippen molar-refractivity contribution in [2.24, 2.45) is 0 Å². The van der Waals surface area contributed by atoms with Crippen LogP contribution in [0.25, 0.3) is 0 Å². The number of esters is 1. The SMILES string of the molecule is O=C(OCc1ccccc1)C(OC(=O)N1CCNCC1)c1ccccc1. The number of nitrogens with one attached hydrogen (secondary N) is 1. The van der Waals surface area contributed by atoms with Gasteiger partial charge in [-0.15, -0.1) is 0 Å². The van der Waals surface area contributed by atoms with Crippen LogP contribution in [0.3, 0.4) is 0 Å². The van der Waals surface area contributed by atoms with Crippen molar-refractivity contribution in [3.05, 3.63) is 71.8 Å². The van der Waals surface area contributed by atoms with Gasteiger partial charge in [-0.05, 0) is 5.56 Å². The van der Waals surface area contributed by atoms with E-state index in [-0.39, 0.29) is 6.61 Å². The Morgan fingerprint density at radius 1 is 0.962 bits per heavy atom. The molecule has 1 N–H and O–H groups in total. The Morgan fingerprint density at radius 3 is 2.23 bits per heavy atom. The van der Waals surface area contributed by atoms with E-state index < -0.39 is 18.2 Å². The highest BCUT2D eigenvalue weighted by Crippen LogP contribution is 2.21. The summed E-state index contributed by atoms with van der Waals surface area (Å²) < 4.78 is 10.9. The molecule has 1 atom stereocenters. The number of hydrogen-bond donors (Lipinski definition) is 1. The second-order valence-electron chi connectivity index (χ2n) is 6.00. The second-order valence-corrected chi connectivity index (χ2v) is 6.00. The van der Waals surface area contributed by atoms with Crippen LogP contribution in [0.2, 0.25) is 0 Å². The van der Waals surface area contributed by atoms with Crippen molar-refractivity contribution >= 4 is 12.1 Å². The minimum Gasteiger partial charge on any atom is -0.458 e. The number of piperazine rings is 1. The highest BCUT2D eigenvalue weighted by Gasteiger charge is 2.29. The van der Waals surface area contributed by atoms with Crippen LogP contribution in [0.15, 0.2) is 60.7 Å². The van der Waals surface area contributed by atoms with Crippen LogP contribution in [0.4, 0.5) is 4.79 Å². The molecule has 6 nitrogen and oxygen atoms in total. The third-order valence-corrected chi connectivity index (χ3v) is 4.13. The molecule has 26 heavy (non-hydrogen) atoms. The van der Waals surface area contributed by atoms with Crippen LogP contribution < -0.4 is 5.32 Å². The van der Waals surface area contributed by atoms with E-state index in [4.69, 9.17) is 9.47 Å². The number of amides is 1. The fourth-order valence-corrected chi connectivity index (χ4v) is 2.71. The first kappa shape index (κ1) is 17.9. The zero-order valence-corrected chi connectivity index (χ0v) is 14.5. The Morgan fingerprint density at radius 2 is 1.58 bits per heavy atom. The van der Waals surface area contributed by atoms with Gasteiger partial charge in [0, 0.05) is 31.7 Å². The van der Waals surface area contributed by atoms with Crippen LogP contribution in [-0.4, -0.2) is 43.1 Å². The Balaban J connectivity index is 1.68. The lowest BCUT2D eigenvalue weighted by atomic mass is 10.1. The molecule has 136 valence electrons. The van der Waals surface area contributed by atoms with Crippen LogP contribution >= 0.6 is 0 Å². The first-order valence-electron chi connectivity index (χ1n) is 8.66. The van der Waals surface area contributed by atoms with Crippen molar-refractivity contribution in [3.63, 3.8) is 0 Å². The molecule has 1 aliphatic heterocycles. The van der Waals surface area contributed by atoms with E-state index >= 15 is 0 Å². The summed E-state index contributed by atoms with van der Waals surface area (Å²) in [6.07, 6.45) is -1.58. The maximum absolute atomic E-state index is 12.6. The van der Waals surface area contributed by atoms with Gasteiger partial charge in [-0.2, -0.15) is 0 Å². The van der Waals surface area contributed by atoms with Gasteiger partial charge < -0.3 is 19.7 Å². The van der Waals surface area contributed by atoms with E-state index in [9.17, 15) is 9.59 Å². The number of rotatable bonds is 5. The number of carbonyl (C=O) groups is 2. The van der Waals surface area contributed by atoms with Crippen molar-refractivity contribution < 1.29 is 19.1 Å². The van der Waals surface area contributed by atoms with E-state index in [0.717, 1.165) is 5.56 Å². The third-order valence-electron chi connectivity index (χ3n) is 4.13. The highest BCUT2D eigenvalue weighted by molar-refractivity contribution is 5.80. The first-order valence-corrected chi connectivity index (χ1v) is 8.66. The molecule has 2 aromatic rings. The Labute approximate surface area is 152 Å². The van der Waals surface area contributed by atoms with E-state index in [1.165, 1.54) is 0 Å². The maximum atomic E-state index is 12.6. The van der Waals surface area contributed by atoms with Gasteiger partial charge >= 0.3 is 12.1 Å². The van der Waals surface area contributed by atoms with Gasteiger partial charge in [-0.1, -0.05) is 60.7 Å². The Hall–Kier alpha value is -2.86. The monoisotopic (exact) mass is 354 g/mol. The summed E-state index contributed by atoms with van der Waals surface area (Å²) in [7, 11) is 0. The second kappa shape index (κ2) is 9.01. The molecule has 0 aliphatic carbocycles. The van der Waals surface area contributed by atoms with Crippen molar-refractivity contribution in [1.82, 2.24) is 10.2 Å². The minimum absolute atomic E-state index is 0.133. The summed E-state index contributed by atoms with van der Waals surface area (Å²) in [5, 5.41) is 3.17. The smallest absolute Gasteiger partial charge is 0.411 e. The van der Waals surface area contributed by atoms with E-state index in [1.54, 1.807) is 29.2 Å². The van der Waals surface area contributed by atoms with E-state index in [2.05, 4.69) is 5.32 Å². The molecule has 1 unspecified atom stereocenters. The van der Waals surface area contributed by atoms with Crippen molar-refractivity contribution in [2.45, 2.75) is 12.7 Å². The molecule has 0 saturated carbocycles. The summed E-state index contributed by atoms with van der Waals surface area (Å²) in [5.74, 6) is -0.580. The average molecular weight is 354 g/mol. The molecular formula is C20H22N2O4. The zero-order valence-electron chi connectivity index (χ0n) is 14.5. The van der Waals surface area contributed by atoms with Crippen molar-refractivity contribution in [1.29, 1.82) is 0 Å².